The van der Waals surface area contributed by atoms with E-state index in [1.54, 1.807) is 31.2 Å². The van der Waals surface area contributed by atoms with E-state index in [1.165, 1.54) is 0 Å². The number of benzene rings is 2. The van der Waals surface area contributed by atoms with Crippen LogP contribution in [0.2, 0.25) is 0 Å². The van der Waals surface area contributed by atoms with Gasteiger partial charge >= 0.3 is 5.97 Å². The number of rotatable bonds is 6. The van der Waals surface area contributed by atoms with Crippen LogP contribution < -0.4 is 0 Å². The lowest BCUT2D eigenvalue weighted by Crippen LogP contribution is -2.15. The molecule has 5 heteroatoms. The first-order chi connectivity index (χ1) is 11.5. The lowest BCUT2D eigenvalue weighted by molar-refractivity contribution is -0.141. The molecule has 0 heterocycles. The van der Waals surface area contributed by atoms with Gasteiger partial charge in [-0.1, -0.05) is 37.3 Å². The third-order valence-corrected chi connectivity index (χ3v) is 3.32. The first-order valence-corrected chi connectivity index (χ1v) is 7.42. The maximum Gasteiger partial charge on any atom is 0.342 e. The summed E-state index contributed by atoms with van der Waals surface area (Å²) >= 11 is 0. The fourth-order valence-electron chi connectivity index (χ4n) is 2.02. The van der Waals surface area contributed by atoms with Gasteiger partial charge in [-0.25, -0.2) is 13.6 Å². The van der Waals surface area contributed by atoms with E-state index in [0.29, 0.717) is 6.07 Å². The van der Waals surface area contributed by atoms with E-state index in [4.69, 9.17) is 4.74 Å². The predicted octanol–water partition coefficient (Wildman–Crippen LogP) is 4.07. The Bertz CT molecular complexity index is 767. The zero-order chi connectivity index (χ0) is 17.5. The van der Waals surface area contributed by atoms with Gasteiger partial charge in [0.25, 0.3) is 0 Å². The van der Waals surface area contributed by atoms with Crippen LogP contribution >= 0.6 is 0 Å². The first kappa shape index (κ1) is 17.5. The first-order valence-electron chi connectivity index (χ1n) is 7.42. The lowest BCUT2D eigenvalue weighted by atomic mass is 10.0. The highest BCUT2D eigenvalue weighted by Gasteiger charge is 2.19. The number of ketones is 1. The van der Waals surface area contributed by atoms with Gasteiger partial charge in [0.05, 0.1) is 0 Å². The smallest absolute Gasteiger partial charge is 0.342 e. The highest BCUT2D eigenvalue weighted by molar-refractivity contribution is 6.20. The van der Waals surface area contributed by atoms with Crippen molar-refractivity contribution < 1.29 is 23.1 Å². The molecule has 0 radical (unpaired) electrons. The largest absolute Gasteiger partial charge is 0.457 e. The molecule has 24 heavy (non-hydrogen) atoms. The van der Waals surface area contributed by atoms with Gasteiger partial charge in [-0.2, -0.15) is 0 Å². The summed E-state index contributed by atoms with van der Waals surface area (Å²) in [6.45, 7) is 1.58. The van der Waals surface area contributed by atoms with Gasteiger partial charge in [0.2, 0.25) is 0 Å². The van der Waals surface area contributed by atoms with Crippen LogP contribution in [-0.4, -0.2) is 11.8 Å². The van der Waals surface area contributed by atoms with Crippen LogP contribution in [0.5, 0.6) is 0 Å². The predicted molar refractivity (Wildman–Crippen MR) is 85.9 cm³/mol. The average molecular weight is 330 g/mol. The van der Waals surface area contributed by atoms with Gasteiger partial charge in [0.1, 0.15) is 23.8 Å². The van der Waals surface area contributed by atoms with E-state index in [0.717, 1.165) is 23.8 Å². The van der Waals surface area contributed by atoms with Gasteiger partial charge in [0, 0.05) is 18.1 Å². The summed E-state index contributed by atoms with van der Waals surface area (Å²) in [5.74, 6) is -2.90. The summed E-state index contributed by atoms with van der Waals surface area (Å²) in [6.07, 6.45) is 1.16. The maximum atomic E-state index is 13.7. The molecule has 0 unspecified atom stereocenters. The van der Waals surface area contributed by atoms with Gasteiger partial charge in [0.15, 0.2) is 5.78 Å². The number of carbonyl (C=O) groups excluding carboxylic acids is 2. The molecule has 0 aliphatic heterocycles. The van der Waals surface area contributed by atoms with Gasteiger partial charge < -0.3 is 4.74 Å². The third-order valence-electron chi connectivity index (χ3n) is 3.32. The van der Waals surface area contributed by atoms with E-state index < -0.39 is 23.4 Å². The fraction of sp³-hybridized carbons (Fsp3) is 0.158. The second-order valence-corrected chi connectivity index (χ2v) is 5.06. The summed E-state index contributed by atoms with van der Waals surface area (Å²) in [6, 6.07) is 11.9. The molecule has 0 spiro atoms. The Morgan fingerprint density at radius 2 is 1.79 bits per heavy atom. The van der Waals surface area contributed by atoms with Crippen LogP contribution in [-0.2, 0) is 20.9 Å². The number of ether oxygens (including phenoxy) is 1. The number of hydrogen-bond donors (Lipinski definition) is 0. The summed E-state index contributed by atoms with van der Waals surface area (Å²) in [5, 5.41) is 0. The van der Waals surface area contributed by atoms with E-state index in [9.17, 15) is 18.4 Å². The van der Waals surface area contributed by atoms with E-state index in [2.05, 4.69) is 0 Å². The second-order valence-electron chi connectivity index (χ2n) is 5.06. The van der Waals surface area contributed by atoms with Crippen molar-refractivity contribution in [1.82, 2.24) is 0 Å². The molecule has 0 N–H and O–H groups in total. The average Bonchev–Trinajstić information content (AvgIpc) is 2.59. The molecule has 0 aliphatic rings. The Balaban J connectivity index is 2.22. The van der Waals surface area contributed by atoms with E-state index in [1.807, 2.05) is 6.07 Å². The van der Waals surface area contributed by atoms with E-state index in [-0.39, 0.29) is 24.2 Å². The molecule has 2 rings (SSSR count). The molecule has 3 nitrogen and oxygen atoms in total. The molecule has 0 bridgehead atoms. The Morgan fingerprint density at radius 3 is 2.42 bits per heavy atom. The maximum absolute atomic E-state index is 13.7. The number of halogens is 2. The van der Waals surface area contributed by atoms with E-state index >= 15 is 0 Å². The standard InChI is InChI=1S/C19H16F2O3/c1-2-18(22)16(10-14-8-9-15(20)11-17(14)21)19(23)24-12-13-6-4-3-5-7-13/h3-11H,2,12H2,1H3/b16-10+. The van der Waals surface area contributed by atoms with Gasteiger partial charge in [-0.3, -0.25) is 4.79 Å². The molecule has 0 aliphatic carbocycles. The van der Waals surface area contributed by atoms with Crippen LogP contribution in [0.4, 0.5) is 8.78 Å². The minimum absolute atomic E-state index is 0.0000917. The molecule has 0 fully saturated rings. The molecule has 0 atom stereocenters. The van der Waals surface area contributed by atoms with Gasteiger partial charge in [-0.05, 0) is 23.8 Å². The van der Waals surface area contributed by atoms with Crippen molar-refractivity contribution in [2.75, 3.05) is 0 Å². The van der Waals surface area contributed by atoms with Crippen LogP contribution in [0.15, 0.2) is 54.1 Å². The molecular weight excluding hydrogens is 314 g/mol. The number of Topliss-reactive ketones (excluding diaryl/α,β-unsaturated/α-hetero) is 1. The molecule has 2 aromatic rings. The van der Waals surface area contributed by atoms with Crippen LogP contribution in [0.3, 0.4) is 0 Å². The van der Waals surface area contributed by atoms with Crippen molar-refractivity contribution in [2.24, 2.45) is 0 Å². The van der Waals surface area contributed by atoms with Crippen molar-refractivity contribution >= 4 is 17.8 Å². The van der Waals surface area contributed by atoms with Crippen molar-refractivity contribution in [1.29, 1.82) is 0 Å². The molecule has 0 saturated carbocycles. The highest BCUT2D eigenvalue weighted by atomic mass is 19.1. The Morgan fingerprint density at radius 1 is 1.08 bits per heavy atom. The topological polar surface area (TPSA) is 43.4 Å². The Kier molecular flexibility index (Phi) is 5.95. The zero-order valence-corrected chi connectivity index (χ0v) is 13.1. The van der Waals surface area contributed by atoms with Crippen molar-refractivity contribution in [3.05, 3.63) is 76.9 Å². The van der Waals surface area contributed by atoms with Crippen molar-refractivity contribution in [2.45, 2.75) is 20.0 Å². The Hall–Kier alpha value is -2.82. The summed E-state index contributed by atoms with van der Waals surface area (Å²) in [4.78, 5) is 24.2. The minimum Gasteiger partial charge on any atom is -0.457 e. The molecule has 124 valence electrons. The van der Waals surface area contributed by atoms with Crippen molar-refractivity contribution in [3.63, 3.8) is 0 Å². The quantitative estimate of drug-likeness (QED) is 0.347. The third kappa shape index (κ3) is 4.59. The zero-order valence-electron chi connectivity index (χ0n) is 13.1. The molecule has 0 amide bonds. The Labute approximate surface area is 138 Å². The highest BCUT2D eigenvalue weighted by Crippen LogP contribution is 2.16. The summed E-state index contributed by atoms with van der Waals surface area (Å²) in [7, 11) is 0. The molecule has 0 saturated heterocycles. The minimum atomic E-state index is -0.854. The normalized spacial score (nSPS) is 11.2. The monoisotopic (exact) mass is 330 g/mol. The lowest BCUT2D eigenvalue weighted by Gasteiger charge is -2.08. The molecular formula is C19H16F2O3. The number of hydrogen-bond acceptors (Lipinski definition) is 3. The van der Waals surface area contributed by atoms with Gasteiger partial charge in [-0.15, -0.1) is 0 Å². The SMILES string of the molecule is CCC(=O)/C(=C\c1ccc(F)cc1F)C(=O)OCc1ccccc1. The van der Waals surface area contributed by atoms with Crippen LogP contribution in [0, 0.1) is 11.6 Å². The molecule has 0 aromatic heterocycles. The van der Waals surface area contributed by atoms with Crippen LogP contribution in [0.1, 0.15) is 24.5 Å². The second kappa shape index (κ2) is 8.15. The van der Waals surface area contributed by atoms with Crippen LogP contribution in [0.25, 0.3) is 6.08 Å². The number of esters is 1. The molecule has 2 aromatic carbocycles. The van der Waals surface area contributed by atoms with Crippen molar-refractivity contribution in [3.8, 4) is 0 Å². The summed E-state index contributed by atoms with van der Waals surface area (Å²) in [5.41, 5.74) is 0.450. The fourth-order valence-corrected chi connectivity index (χ4v) is 2.02. The number of carbonyl (C=O) groups is 2. The summed E-state index contributed by atoms with van der Waals surface area (Å²) < 4.78 is 31.8.